The van der Waals surface area contributed by atoms with Crippen LogP contribution in [0, 0.1) is 5.92 Å². The van der Waals surface area contributed by atoms with Crippen LogP contribution in [-0.2, 0) is 21.2 Å². The fourth-order valence-electron chi connectivity index (χ4n) is 1.68. The molecular formula is C11H13NO4S. The maximum atomic E-state index is 11.5. The highest BCUT2D eigenvalue weighted by molar-refractivity contribution is 7.94. The molecule has 92 valence electrons. The molecule has 1 atom stereocenters. The lowest BCUT2D eigenvalue weighted by Crippen LogP contribution is -2.25. The second-order valence-electron chi connectivity index (χ2n) is 3.98. The largest absolute Gasteiger partial charge is 0.467 e. The highest BCUT2D eigenvalue weighted by Gasteiger charge is 2.23. The van der Waals surface area contributed by atoms with E-state index in [9.17, 15) is 13.2 Å². The van der Waals surface area contributed by atoms with Crippen molar-refractivity contribution in [1.29, 1.82) is 0 Å². The van der Waals surface area contributed by atoms with Gasteiger partial charge in [-0.25, -0.2) is 8.42 Å². The Kier molecular flexibility index (Phi) is 3.33. The van der Waals surface area contributed by atoms with Crippen LogP contribution >= 0.6 is 0 Å². The van der Waals surface area contributed by atoms with E-state index >= 15 is 0 Å². The molecule has 0 bridgehead atoms. The number of nitrogens with one attached hydrogen (secondary N) is 1. The molecule has 0 saturated carbocycles. The summed E-state index contributed by atoms with van der Waals surface area (Å²) >= 11 is 0. The Morgan fingerprint density at radius 1 is 1.53 bits per heavy atom. The van der Waals surface area contributed by atoms with Gasteiger partial charge < -0.3 is 9.73 Å². The van der Waals surface area contributed by atoms with Gasteiger partial charge in [-0.05, 0) is 12.1 Å². The van der Waals surface area contributed by atoms with Gasteiger partial charge in [-0.15, -0.1) is 0 Å². The Bertz CT molecular complexity index is 516. The first-order valence-electron chi connectivity index (χ1n) is 5.25. The summed E-state index contributed by atoms with van der Waals surface area (Å²) in [6.07, 6.45) is 3.30. The lowest BCUT2D eigenvalue weighted by atomic mass is 10.1. The average molecular weight is 255 g/mol. The lowest BCUT2D eigenvalue weighted by molar-refractivity contribution is -0.121. The van der Waals surface area contributed by atoms with E-state index in [4.69, 9.17) is 4.42 Å². The molecule has 2 rings (SSSR count). The average Bonchev–Trinajstić information content (AvgIpc) is 2.85. The van der Waals surface area contributed by atoms with Crippen LogP contribution in [-0.4, -0.2) is 20.1 Å². The predicted octanol–water partition coefficient (Wildman–Crippen LogP) is 0.844. The van der Waals surface area contributed by atoms with Gasteiger partial charge in [0.05, 0.1) is 18.6 Å². The van der Waals surface area contributed by atoms with Gasteiger partial charge in [-0.2, -0.15) is 0 Å². The summed E-state index contributed by atoms with van der Waals surface area (Å²) < 4.78 is 27.3. The molecule has 6 heteroatoms. The molecule has 1 aliphatic heterocycles. The third-order valence-corrected chi connectivity index (χ3v) is 3.96. The van der Waals surface area contributed by atoms with Crippen LogP contribution in [0.1, 0.15) is 12.2 Å². The molecular weight excluding hydrogens is 242 g/mol. The van der Waals surface area contributed by atoms with Gasteiger partial charge in [0, 0.05) is 17.7 Å². The van der Waals surface area contributed by atoms with Gasteiger partial charge >= 0.3 is 0 Å². The zero-order valence-corrected chi connectivity index (χ0v) is 9.94. The minimum absolute atomic E-state index is 0.0289. The second-order valence-corrected chi connectivity index (χ2v) is 5.91. The van der Waals surface area contributed by atoms with Crippen LogP contribution in [0.3, 0.4) is 0 Å². The third-order valence-electron chi connectivity index (χ3n) is 2.49. The molecule has 17 heavy (non-hydrogen) atoms. The Morgan fingerprint density at radius 3 is 2.94 bits per heavy atom. The first-order valence-corrected chi connectivity index (χ1v) is 6.97. The number of furan rings is 1. The van der Waals surface area contributed by atoms with Gasteiger partial charge in [0.1, 0.15) is 5.76 Å². The van der Waals surface area contributed by atoms with E-state index in [1.807, 2.05) is 0 Å². The first kappa shape index (κ1) is 11.9. The lowest BCUT2D eigenvalue weighted by Gasteiger charge is -2.06. The topological polar surface area (TPSA) is 76.4 Å². The minimum Gasteiger partial charge on any atom is -0.467 e. The van der Waals surface area contributed by atoms with Crippen molar-refractivity contribution in [2.45, 2.75) is 13.0 Å². The Morgan fingerprint density at radius 2 is 2.35 bits per heavy atom. The summed E-state index contributed by atoms with van der Waals surface area (Å²) in [6.45, 7) is 0.328. The summed E-state index contributed by atoms with van der Waals surface area (Å²) in [5.41, 5.74) is 0. The molecule has 1 aromatic heterocycles. The minimum atomic E-state index is -3.08. The molecule has 1 amide bonds. The van der Waals surface area contributed by atoms with Gasteiger partial charge in [0.25, 0.3) is 0 Å². The summed E-state index contributed by atoms with van der Waals surface area (Å²) in [6, 6.07) is 3.51. The number of sulfone groups is 1. The van der Waals surface area contributed by atoms with E-state index in [0.717, 1.165) is 0 Å². The first-order chi connectivity index (χ1) is 8.05. The van der Waals surface area contributed by atoms with Crippen LogP contribution in [0.5, 0.6) is 0 Å². The maximum Gasteiger partial charge on any atom is 0.220 e. The Hall–Kier alpha value is -1.56. The van der Waals surface area contributed by atoms with Crippen LogP contribution in [0.4, 0.5) is 0 Å². The fraction of sp³-hybridized carbons (Fsp3) is 0.364. The van der Waals surface area contributed by atoms with E-state index in [1.165, 1.54) is 11.7 Å². The molecule has 0 aliphatic carbocycles. The highest BCUT2D eigenvalue weighted by atomic mass is 32.2. The maximum absolute atomic E-state index is 11.5. The van der Waals surface area contributed by atoms with Crippen molar-refractivity contribution < 1.29 is 17.6 Å². The van der Waals surface area contributed by atoms with Crippen molar-refractivity contribution in [3.63, 3.8) is 0 Å². The van der Waals surface area contributed by atoms with E-state index in [1.54, 1.807) is 18.2 Å². The van der Waals surface area contributed by atoms with Crippen LogP contribution < -0.4 is 5.32 Å². The zero-order valence-electron chi connectivity index (χ0n) is 9.13. The molecule has 0 radical (unpaired) electrons. The second kappa shape index (κ2) is 4.75. The van der Waals surface area contributed by atoms with Gasteiger partial charge in [-0.3, -0.25) is 4.79 Å². The van der Waals surface area contributed by atoms with E-state index < -0.39 is 9.84 Å². The predicted molar refractivity (Wildman–Crippen MR) is 61.6 cm³/mol. The number of allylic oxidation sites excluding steroid dienone is 1. The van der Waals surface area contributed by atoms with Crippen molar-refractivity contribution in [2.75, 3.05) is 5.75 Å². The van der Waals surface area contributed by atoms with Crippen LogP contribution in [0.2, 0.25) is 0 Å². The van der Waals surface area contributed by atoms with Crippen molar-refractivity contribution in [3.8, 4) is 0 Å². The molecule has 1 unspecified atom stereocenters. The van der Waals surface area contributed by atoms with Gasteiger partial charge in [-0.1, -0.05) is 6.08 Å². The number of carbonyl (C=O) groups excluding carboxylic acids is 1. The highest BCUT2D eigenvalue weighted by Crippen LogP contribution is 2.17. The van der Waals surface area contributed by atoms with Gasteiger partial charge in [0.2, 0.25) is 5.91 Å². The number of hydrogen-bond acceptors (Lipinski definition) is 4. The van der Waals surface area contributed by atoms with Crippen molar-refractivity contribution in [1.82, 2.24) is 5.32 Å². The van der Waals surface area contributed by atoms with Crippen molar-refractivity contribution >= 4 is 15.7 Å². The third kappa shape index (κ3) is 3.45. The normalized spacial score (nSPS) is 21.5. The van der Waals surface area contributed by atoms with Crippen LogP contribution in [0.25, 0.3) is 0 Å². The molecule has 1 aromatic rings. The number of amides is 1. The van der Waals surface area contributed by atoms with E-state index in [-0.39, 0.29) is 24.0 Å². The molecule has 0 saturated heterocycles. The zero-order chi connectivity index (χ0) is 12.3. The van der Waals surface area contributed by atoms with Gasteiger partial charge in [0.15, 0.2) is 9.84 Å². The molecule has 1 aliphatic rings. The SMILES string of the molecule is O=C(CC1C=CS(=O)(=O)C1)NCc1ccco1. The van der Waals surface area contributed by atoms with E-state index in [0.29, 0.717) is 12.3 Å². The Labute approximate surface area is 99.4 Å². The summed E-state index contributed by atoms with van der Waals surface area (Å²) in [5.74, 6) is 0.318. The number of hydrogen-bond donors (Lipinski definition) is 1. The number of carbonyl (C=O) groups is 1. The van der Waals surface area contributed by atoms with Crippen molar-refractivity contribution in [2.24, 2.45) is 5.92 Å². The quantitative estimate of drug-likeness (QED) is 0.865. The monoisotopic (exact) mass is 255 g/mol. The molecule has 5 nitrogen and oxygen atoms in total. The standard InChI is InChI=1S/C11H13NO4S/c13-11(12-7-10-2-1-4-16-10)6-9-3-5-17(14,15)8-9/h1-5,9H,6-8H2,(H,12,13). The Balaban J connectivity index is 1.77. The number of rotatable bonds is 4. The molecule has 0 fully saturated rings. The molecule has 0 spiro atoms. The molecule has 0 aromatic carbocycles. The summed E-state index contributed by atoms with van der Waals surface area (Å²) in [4.78, 5) is 11.5. The summed E-state index contributed by atoms with van der Waals surface area (Å²) in [5, 5.41) is 3.86. The molecule has 1 N–H and O–H groups in total. The fourth-order valence-corrected chi connectivity index (χ4v) is 3.07. The van der Waals surface area contributed by atoms with Crippen molar-refractivity contribution in [3.05, 3.63) is 35.6 Å². The van der Waals surface area contributed by atoms with E-state index in [2.05, 4.69) is 5.32 Å². The van der Waals surface area contributed by atoms with Crippen LogP contribution in [0.15, 0.2) is 34.3 Å². The molecule has 2 heterocycles. The smallest absolute Gasteiger partial charge is 0.220 e. The summed E-state index contributed by atoms with van der Waals surface area (Å²) in [7, 11) is -3.08.